The van der Waals surface area contributed by atoms with Crippen LogP contribution in [0.5, 0.6) is 11.5 Å². The van der Waals surface area contributed by atoms with E-state index in [0.29, 0.717) is 23.6 Å². The van der Waals surface area contributed by atoms with E-state index in [9.17, 15) is 9.59 Å². The van der Waals surface area contributed by atoms with E-state index in [0.717, 1.165) is 23.1 Å². The first kappa shape index (κ1) is 20.4. The molecule has 0 unspecified atom stereocenters. The van der Waals surface area contributed by atoms with E-state index < -0.39 is 0 Å². The molecule has 0 atom stereocenters. The molecule has 0 fully saturated rings. The Balaban J connectivity index is 1.58. The van der Waals surface area contributed by atoms with Crippen LogP contribution in [0.3, 0.4) is 0 Å². The Kier molecular flexibility index (Phi) is 6.85. The van der Waals surface area contributed by atoms with Crippen LogP contribution in [-0.2, 0) is 11.2 Å². The number of benzene rings is 2. The number of carbonyl (C=O) groups is 1. The molecule has 0 saturated carbocycles. The third kappa shape index (κ3) is 5.58. The number of anilines is 1. The first-order valence-electron chi connectivity index (χ1n) is 8.73. The van der Waals surface area contributed by atoms with Crippen molar-refractivity contribution in [3.05, 3.63) is 70.1 Å². The highest BCUT2D eigenvalue weighted by molar-refractivity contribution is 7.99. The van der Waals surface area contributed by atoms with E-state index in [1.165, 1.54) is 7.11 Å². The van der Waals surface area contributed by atoms with Gasteiger partial charge in [-0.3, -0.25) is 14.6 Å². The summed E-state index contributed by atoms with van der Waals surface area (Å²) in [6.07, 6.45) is 0.353. The summed E-state index contributed by atoms with van der Waals surface area (Å²) in [5.74, 6) is 1.14. The fourth-order valence-electron chi connectivity index (χ4n) is 2.53. The molecular weight excluding hydrogens is 392 g/mol. The third-order valence-corrected chi connectivity index (χ3v) is 4.86. The molecule has 2 N–H and O–H groups in total. The zero-order chi connectivity index (χ0) is 20.6. The molecule has 0 aliphatic carbocycles. The van der Waals surface area contributed by atoms with Crippen molar-refractivity contribution in [1.29, 1.82) is 0 Å². The molecule has 3 aromatic rings. The summed E-state index contributed by atoms with van der Waals surface area (Å²) in [6, 6.07) is 14.5. The summed E-state index contributed by atoms with van der Waals surface area (Å²) in [7, 11) is 3.13. The number of methoxy groups -OCH3 is 2. The zero-order valence-electron chi connectivity index (χ0n) is 16.0. The number of H-pyrrole nitrogens is 1. The minimum atomic E-state index is -0.330. The minimum Gasteiger partial charge on any atom is -0.497 e. The number of nitrogens with one attached hydrogen (secondary N) is 2. The number of para-hydroxylation sites is 2. The average Bonchev–Trinajstić information content (AvgIpc) is 2.75. The van der Waals surface area contributed by atoms with Crippen molar-refractivity contribution in [3.8, 4) is 11.5 Å². The third-order valence-electron chi connectivity index (χ3n) is 4.00. The molecule has 0 aliphatic rings. The number of carbonyl (C=O) groups excluding carboxylic acids is 1. The van der Waals surface area contributed by atoms with Gasteiger partial charge < -0.3 is 14.8 Å². The monoisotopic (exact) mass is 412 g/mol. The fourth-order valence-corrected chi connectivity index (χ4v) is 3.13. The number of rotatable bonds is 8. The van der Waals surface area contributed by atoms with Crippen LogP contribution in [0.2, 0.25) is 0 Å². The number of ether oxygens (including phenoxy) is 2. The largest absolute Gasteiger partial charge is 0.497 e. The molecule has 0 radical (unpaired) electrons. The van der Waals surface area contributed by atoms with Gasteiger partial charge in [0.1, 0.15) is 17.2 Å². The van der Waals surface area contributed by atoms with Crippen LogP contribution >= 0.6 is 11.8 Å². The van der Waals surface area contributed by atoms with Crippen LogP contribution in [0.25, 0.3) is 0 Å². The van der Waals surface area contributed by atoms with Crippen LogP contribution in [0.15, 0.2) is 58.5 Å². The van der Waals surface area contributed by atoms with Gasteiger partial charge >= 0.3 is 0 Å². The fraction of sp³-hybridized carbons (Fsp3) is 0.200. The van der Waals surface area contributed by atoms with E-state index in [4.69, 9.17) is 9.47 Å². The van der Waals surface area contributed by atoms with E-state index >= 15 is 0 Å². The van der Waals surface area contributed by atoms with Gasteiger partial charge in [-0.1, -0.05) is 36.0 Å². The quantitative estimate of drug-likeness (QED) is 0.548. The van der Waals surface area contributed by atoms with Crippen molar-refractivity contribution >= 4 is 23.4 Å². The maximum Gasteiger partial charge on any atom is 0.273 e. The zero-order valence-corrected chi connectivity index (χ0v) is 16.8. The molecule has 0 bridgehead atoms. The van der Waals surface area contributed by atoms with Gasteiger partial charge in [0.05, 0.1) is 25.7 Å². The second-order valence-corrected chi connectivity index (χ2v) is 6.93. The van der Waals surface area contributed by atoms with E-state index in [1.807, 2.05) is 30.3 Å². The summed E-state index contributed by atoms with van der Waals surface area (Å²) in [5, 5.41) is 11.1. The number of hydrogen-bond acceptors (Lipinski definition) is 7. The summed E-state index contributed by atoms with van der Waals surface area (Å²) in [5.41, 5.74) is 1.47. The molecule has 1 aromatic heterocycles. The molecule has 29 heavy (non-hydrogen) atoms. The van der Waals surface area contributed by atoms with Gasteiger partial charge in [0.25, 0.3) is 5.56 Å². The maximum absolute atomic E-state index is 12.3. The highest BCUT2D eigenvalue weighted by Gasteiger charge is 2.11. The number of hydrogen-bond donors (Lipinski definition) is 2. The number of thioether (sulfide) groups is 1. The van der Waals surface area contributed by atoms with Gasteiger partial charge in [0, 0.05) is 6.42 Å². The van der Waals surface area contributed by atoms with Gasteiger partial charge in [0.15, 0.2) is 5.16 Å². The smallest absolute Gasteiger partial charge is 0.273 e. The highest BCUT2D eigenvalue weighted by Crippen LogP contribution is 2.23. The van der Waals surface area contributed by atoms with Gasteiger partial charge in [-0.15, -0.1) is 10.2 Å². The molecule has 150 valence electrons. The standard InChI is InChI=1S/C20H20N4O4S/c1-27-14-9-7-13(8-10-14)11-16-19(26)22-20(24-23-16)29-12-18(25)21-15-5-3-4-6-17(15)28-2/h3-10H,11-12H2,1-2H3,(H,21,25)(H,22,24,26). The normalized spacial score (nSPS) is 10.4. The molecular formula is C20H20N4O4S. The molecule has 1 heterocycles. The van der Waals surface area contributed by atoms with Crippen molar-refractivity contribution in [2.75, 3.05) is 25.3 Å². The van der Waals surface area contributed by atoms with Crippen LogP contribution in [0.1, 0.15) is 11.3 Å². The first-order valence-corrected chi connectivity index (χ1v) is 9.72. The number of aromatic nitrogens is 3. The van der Waals surface area contributed by atoms with Gasteiger partial charge in [-0.05, 0) is 29.8 Å². The topological polar surface area (TPSA) is 106 Å². The lowest BCUT2D eigenvalue weighted by Gasteiger charge is -2.09. The average molecular weight is 412 g/mol. The summed E-state index contributed by atoms with van der Waals surface area (Å²) >= 11 is 1.10. The first-order chi connectivity index (χ1) is 14.1. The molecule has 0 saturated heterocycles. The Morgan fingerprint density at radius 1 is 1.07 bits per heavy atom. The molecule has 9 heteroatoms. The van der Waals surface area contributed by atoms with Crippen LogP contribution in [0.4, 0.5) is 5.69 Å². The lowest BCUT2D eigenvalue weighted by atomic mass is 10.1. The Morgan fingerprint density at radius 3 is 2.52 bits per heavy atom. The number of nitrogens with zero attached hydrogens (tertiary/aromatic N) is 2. The maximum atomic E-state index is 12.3. The summed E-state index contributed by atoms with van der Waals surface area (Å²) in [6.45, 7) is 0. The number of amides is 1. The van der Waals surface area contributed by atoms with Crippen molar-refractivity contribution in [2.24, 2.45) is 0 Å². The van der Waals surface area contributed by atoms with Crippen LogP contribution < -0.4 is 20.3 Å². The van der Waals surface area contributed by atoms with Crippen LogP contribution in [-0.4, -0.2) is 41.1 Å². The van der Waals surface area contributed by atoms with Gasteiger partial charge in [0.2, 0.25) is 5.91 Å². The minimum absolute atomic E-state index is 0.0699. The van der Waals surface area contributed by atoms with Gasteiger partial charge in [-0.25, -0.2) is 0 Å². The summed E-state index contributed by atoms with van der Waals surface area (Å²) in [4.78, 5) is 27.1. The lowest BCUT2D eigenvalue weighted by Crippen LogP contribution is -2.19. The van der Waals surface area contributed by atoms with Crippen molar-refractivity contribution in [1.82, 2.24) is 15.2 Å². The molecule has 3 rings (SSSR count). The van der Waals surface area contributed by atoms with Crippen LogP contribution in [0, 0.1) is 0 Å². The van der Waals surface area contributed by atoms with E-state index in [1.54, 1.807) is 25.3 Å². The number of aromatic amines is 1. The molecule has 1 amide bonds. The van der Waals surface area contributed by atoms with E-state index in [2.05, 4.69) is 20.5 Å². The van der Waals surface area contributed by atoms with E-state index in [-0.39, 0.29) is 22.4 Å². The lowest BCUT2D eigenvalue weighted by molar-refractivity contribution is -0.113. The second-order valence-electron chi connectivity index (χ2n) is 5.97. The predicted octanol–water partition coefficient (Wildman–Crippen LogP) is 2.50. The summed E-state index contributed by atoms with van der Waals surface area (Å²) < 4.78 is 10.3. The SMILES string of the molecule is COc1ccc(Cc2nnc(SCC(=O)Nc3ccccc3OC)[nH]c2=O)cc1. The molecule has 8 nitrogen and oxygen atoms in total. The Bertz CT molecular complexity index is 1040. The van der Waals surface area contributed by atoms with Gasteiger partial charge in [-0.2, -0.15) is 0 Å². The van der Waals surface area contributed by atoms with Crippen molar-refractivity contribution in [3.63, 3.8) is 0 Å². The Morgan fingerprint density at radius 2 is 1.83 bits per heavy atom. The predicted molar refractivity (Wildman–Crippen MR) is 111 cm³/mol. The molecule has 0 aliphatic heterocycles. The van der Waals surface area contributed by atoms with Crippen molar-refractivity contribution in [2.45, 2.75) is 11.6 Å². The molecule has 2 aromatic carbocycles. The Hall–Kier alpha value is -3.33. The Labute approximate surface area is 171 Å². The molecule has 0 spiro atoms. The second kappa shape index (κ2) is 9.74. The highest BCUT2D eigenvalue weighted by atomic mass is 32.2. The van der Waals surface area contributed by atoms with Crippen molar-refractivity contribution < 1.29 is 14.3 Å².